The number of rotatable bonds is 9. The Kier molecular flexibility index (Phi) is 6.92. The van der Waals surface area contributed by atoms with Gasteiger partial charge in [0.1, 0.15) is 0 Å². The molecule has 0 rings (SSSR count). The summed E-state index contributed by atoms with van der Waals surface area (Å²) in [5.74, 6) is -1.52. The van der Waals surface area contributed by atoms with Crippen molar-refractivity contribution in [3.8, 4) is 0 Å². The van der Waals surface area contributed by atoms with Crippen LogP contribution < -0.4 is 0 Å². The fourth-order valence-corrected chi connectivity index (χ4v) is 2.12. The molecule has 0 aliphatic rings. The van der Waals surface area contributed by atoms with Gasteiger partial charge in [0.25, 0.3) is 30.4 Å². The van der Waals surface area contributed by atoms with Crippen LogP contribution in [0.3, 0.4) is 0 Å². The summed E-state index contributed by atoms with van der Waals surface area (Å²) < 4.78 is 79.8. The molecule has 0 heterocycles. The maximum Gasteiger partial charge on any atom is 0.684 e. The van der Waals surface area contributed by atoms with Crippen molar-refractivity contribution in [1.29, 1.82) is 0 Å². The van der Waals surface area contributed by atoms with E-state index in [4.69, 9.17) is 0 Å². The summed E-state index contributed by atoms with van der Waals surface area (Å²) in [6.45, 7) is 3.65. The molecule has 0 aromatic rings. The van der Waals surface area contributed by atoms with Crippen LogP contribution in [0.2, 0.25) is 0 Å². The standard InChI is InChI=1S/C6H15BO9S3/c1-4-17(8,9)14-7(15-18(10,11)5-2)16-19(12,13)6-3/h4-6H2,1-3H3. The Morgan fingerprint density at radius 2 is 0.842 bits per heavy atom. The van der Waals surface area contributed by atoms with E-state index in [0.717, 1.165) is 0 Å². The molecular weight excluding hydrogens is 323 g/mol. The lowest BCUT2D eigenvalue weighted by atomic mass is 10.3. The quantitative estimate of drug-likeness (QED) is 0.489. The molecule has 0 spiro atoms. The van der Waals surface area contributed by atoms with Crippen molar-refractivity contribution >= 4 is 37.7 Å². The van der Waals surface area contributed by atoms with Crippen LogP contribution in [0.5, 0.6) is 0 Å². The summed E-state index contributed by atoms with van der Waals surface area (Å²) in [6.07, 6.45) is 0. The third-order valence-electron chi connectivity index (χ3n) is 1.74. The van der Waals surface area contributed by atoms with E-state index >= 15 is 0 Å². The molecule has 0 amide bonds. The Balaban J connectivity index is 5.17. The molecule has 19 heavy (non-hydrogen) atoms. The Labute approximate surface area is 113 Å². The van der Waals surface area contributed by atoms with Crippen molar-refractivity contribution in [1.82, 2.24) is 0 Å². The molecule has 13 heteroatoms. The third kappa shape index (κ3) is 7.84. The van der Waals surface area contributed by atoms with E-state index in [9.17, 15) is 25.3 Å². The van der Waals surface area contributed by atoms with Crippen LogP contribution in [0.15, 0.2) is 0 Å². The summed E-state index contributed by atoms with van der Waals surface area (Å²) in [5, 5.41) is 0. The monoisotopic (exact) mass is 338 g/mol. The van der Waals surface area contributed by atoms with Crippen LogP contribution in [-0.4, -0.2) is 49.8 Å². The van der Waals surface area contributed by atoms with E-state index in [2.05, 4.69) is 12.3 Å². The lowest BCUT2D eigenvalue weighted by Gasteiger charge is -2.12. The van der Waals surface area contributed by atoms with Gasteiger partial charge >= 0.3 is 7.32 Å². The highest BCUT2D eigenvalue weighted by Gasteiger charge is 2.37. The average Bonchev–Trinajstić information content (AvgIpc) is 2.27. The minimum absolute atomic E-state index is 0.505. The minimum atomic E-state index is -4.16. The van der Waals surface area contributed by atoms with Gasteiger partial charge in [-0.2, -0.15) is 0 Å². The van der Waals surface area contributed by atoms with Crippen LogP contribution >= 0.6 is 0 Å². The van der Waals surface area contributed by atoms with Crippen LogP contribution in [-0.2, 0) is 42.7 Å². The van der Waals surface area contributed by atoms with Crippen molar-refractivity contribution in [2.75, 3.05) is 17.3 Å². The van der Waals surface area contributed by atoms with Gasteiger partial charge in [-0.15, -0.1) is 0 Å². The molecule has 0 saturated carbocycles. The number of hydrogen-bond donors (Lipinski definition) is 0. The van der Waals surface area contributed by atoms with Crippen LogP contribution in [0.1, 0.15) is 20.8 Å². The molecule has 0 N–H and O–H groups in total. The second kappa shape index (κ2) is 6.99. The van der Waals surface area contributed by atoms with Crippen molar-refractivity contribution in [2.45, 2.75) is 20.8 Å². The average molecular weight is 338 g/mol. The van der Waals surface area contributed by atoms with Gasteiger partial charge in [-0.25, -0.2) is 25.3 Å². The van der Waals surface area contributed by atoms with Gasteiger partial charge in [0, 0.05) is 0 Å². The van der Waals surface area contributed by atoms with Crippen molar-refractivity contribution in [2.24, 2.45) is 0 Å². The number of hydrogen-bond acceptors (Lipinski definition) is 9. The molecule has 0 aromatic heterocycles. The van der Waals surface area contributed by atoms with Crippen molar-refractivity contribution in [3.05, 3.63) is 0 Å². The Hall–Kier alpha value is -0.205. The highest BCUT2D eigenvalue weighted by Crippen LogP contribution is 2.08. The molecule has 0 unspecified atom stereocenters. The third-order valence-corrected chi connectivity index (χ3v) is 5.21. The van der Waals surface area contributed by atoms with Gasteiger partial charge in [-0.3, -0.25) is 12.3 Å². The second-order valence-electron chi connectivity index (χ2n) is 3.12. The first-order chi connectivity index (χ1) is 8.47. The van der Waals surface area contributed by atoms with Gasteiger partial charge < -0.3 is 0 Å². The zero-order chi connectivity index (χ0) is 15.3. The fraction of sp³-hybridized carbons (Fsp3) is 1.00. The summed E-state index contributed by atoms with van der Waals surface area (Å²) in [7, 11) is -14.9. The molecule has 0 aliphatic heterocycles. The molecule has 0 bridgehead atoms. The molecule has 0 fully saturated rings. The molecule has 0 aliphatic carbocycles. The second-order valence-corrected chi connectivity index (χ2v) is 8.77. The van der Waals surface area contributed by atoms with Crippen molar-refractivity contribution < 1.29 is 37.6 Å². The molecule has 9 nitrogen and oxygen atoms in total. The summed E-state index contributed by atoms with van der Waals surface area (Å²) in [4.78, 5) is 0. The Bertz CT molecular complexity index is 490. The lowest BCUT2D eigenvalue weighted by Crippen LogP contribution is -2.36. The van der Waals surface area contributed by atoms with E-state index in [-0.39, 0.29) is 0 Å². The van der Waals surface area contributed by atoms with E-state index in [0.29, 0.717) is 0 Å². The van der Waals surface area contributed by atoms with E-state index in [1.165, 1.54) is 20.8 Å². The topological polar surface area (TPSA) is 130 Å². The van der Waals surface area contributed by atoms with Gasteiger partial charge in [-0.05, 0) is 20.8 Å². The predicted molar refractivity (Wildman–Crippen MR) is 67.4 cm³/mol. The van der Waals surface area contributed by atoms with Gasteiger partial charge in [-0.1, -0.05) is 0 Å². The highest BCUT2D eigenvalue weighted by atomic mass is 32.2. The lowest BCUT2D eigenvalue weighted by molar-refractivity contribution is 0.312. The largest absolute Gasteiger partial charge is 0.684 e. The van der Waals surface area contributed by atoms with Crippen LogP contribution in [0, 0.1) is 0 Å². The zero-order valence-corrected chi connectivity index (χ0v) is 13.0. The van der Waals surface area contributed by atoms with Crippen LogP contribution in [0.25, 0.3) is 0 Å². The van der Waals surface area contributed by atoms with E-state index < -0.39 is 54.9 Å². The smallest absolute Gasteiger partial charge is 0.270 e. The Morgan fingerprint density at radius 3 is 1.00 bits per heavy atom. The Morgan fingerprint density at radius 1 is 0.632 bits per heavy atom. The van der Waals surface area contributed by atoms with E-state index in [1.54, 1.807) is 0 Å². The minimum Gasteiger partial charge on any atom is -0.270 e. The SMILES string of the molecule is CCS(=O)(=O)OB(OS(=O)(=O)CC)OS(=O)(=O)CC. The zero-order valence-electron chi connectivity index (χ0n) is 10.6. The maximum atomic E-state index is 11.2. The van der Waals surface area contributed by atoms with Gasteiger partial charge in [0.2, 0.25) is 0 Å². The first-order valence-electron chi connectivity index (χ1n) is 5.19. The van der Waals surface area contributed by atoms with Gasteiger partial charge in [0.15, 0.2) is 0 Å². The molecule has 0 aromatic carbocycles. The molecule has 0 atom stereocenters. The van der Waals surface area contributed by atoms with E-state index in [1.807, 2.05) is 0 Å². The molecular formula is C6H15BO9S3. The van der Waals surface area contributed by atoms with Crippen LogP contribution in [0.4, 0.5) is 0 Å². The summed E-state index contributed by atoms with van der Waals surface area (Å²) in [5.41, 5.74) is 0. The van der Waals surface area contributed by atoms with Crippen molar-refractivity contribution in [3.63, 3.8) is 0 Å². The first kappa shape index (κ1) is 18.8. The maximum absolute atomic E-state index is 11.2. The summed E-state index contributed by atoms with van der Waals surface area (Å²) in [6, 6.07) is 0. The predicted octanol–water partition coefficient (Wildman–Crippen LogP) is -0.930. The van der Waals surface area contributed by atoms with Gasteiger partial charge in [0.05, 0.1) is 17.3 Å². The normalized spacial score (nSPS) is 13.4. The first-order valence-corrected chi connectivity index (χ1v) is 9.93. The molecule has 0 saturated heterocycles. The highest BCUT2D eigenvalue weighted by molar-refractivity contribution is 7.90. The molecule has 114 valence electrons. The molecule has 0 radical (unpaired) electrons. The fourth-order valence-electron chi connectivity index (χ4n) is 0.611. The summed E-state index contributed by atoms with van der Waals surface area (Å²) >= 11 is 0.